The van der Waals surface area contributed by atoms with E-state index in [2.05, 4.69) is 48.0 Å². The van der Waals surface area contributed by atoms with Gasteiger partial charge < -0.3 is 15.0 Å². The third kappa shape index (κ3) is 5.16. The molecule has 0 spiro atoms. The highest BCUT2D eigenvalue weighted by atomic mass is 16.5. The zero-order chi connectivity index (χ0) is 19.9. The van der Waals surface area contributed by atoms with E-state index in [0.717, 1.165) is 30.3 Å². The minimum atomic E-state index is -0.0864. The first-order valence-electron chi connectivity index (χ1n) is 10.1. The number of hydrogen-bond donors (Lipinski definition) is 1. The van der Waals surface area contributed by atoms with Crippen LogP contribution < -0.4 is 15.0 Å². The Labute approximate surface area is 168 Å². The molecule has 3 rings (SSSR count). The van der Waals surface area contributed by atoms with Crippen molar-refractivity contribution in [1.29, 1.82) is 0 Å². The van der Waals surface area contributed by atoms with Crippen LogP contribution in [0.2, 0.25) is 0 Å². The van der Waals surface area contributed by atoms with Gasteiger partial charge in [0.25, 0.3) is 5.91 Å². The number of rotatable bonds is 7. The summed E-state index contributed by atoms with van der Waals surface area (Å²) in [6, 6.07) is 15.7. The van der Waals surface area contributed by atoms with Gasteiger partial charge in [-0.1, -0.05) is 31.7 Å². The maximum atomic E-state index is 12.5. The Kier molecular flexibility index (Phi) is 6.75. The number of benzene rings is 2. The molecule has 0 bridgehead atoms. The van der Waals surface area contributed by atoms with Crippen LogP contribution in [0.25, 0.3) is 0 Å². The molecule has 2 atom stereocenters. The van der Waals surface area contributed by atoms with Gasteiger partial charge in [-0.25, -0.2) is 0 Å². The monoisotopic (exact) mass is 378 g/mol. The number of hydrogen-bond acceptors (Lipinski definition) is 3. The number of anilines is 1. The van der Waals surface area contributed by atoms with Gasteiger partial charge >= 0.3 is 0 Å². The molecule has 1 aliphatic rings. The fraction of sp³-hybridized carbons (Fsp3) is 0.375. The summed E-state index contributed by atoms with van der Waals surface area (Å²) in [5.41, 5.74) is 2.99. The Hall–Kier alpha value is -2.75. The number of ether oxygens (including phenoxy) is 1. The van der Waals surface area contributed by atoms with Crippen LogP contribution in [-0.4, -0.2) is 25.6 Å². The molecule has 0 saturated carbocycles. The van der Waals surface area contributed by atoms with Gasteiger partial charge in [0.05, 0.1) is 6.04 Å². The second kappa shape index (κ2) is 9.45. The average molecular weight is 379 g/mol. The lowest BCUT2D eigenvalue weighted by molar-refractivity contribution is 0.0940. The Morgan fingerprint density at radius 3 is 2.61 bits per heavy atom. The lowest BCUT2D eigenvalue weighted by atomic mass is 9.99. The first-order chi connectivity index (χ1) is 13.6. The third-order valence-electron chi connectivity index (χ3n) is 5.25. The van der Waals surface area contributed by atoms with Crippen LogP contribution in [0.1, 0.15) is 48.7 Å². The van der Waals surface area contributed by atoms with E-state index in [-0.39, 0.29) is 11.9 Å². The minimum absolute atomic E-state index is 0.0569. The van der Waals surface area contributed by atoms with Crippen molar-refractivity contribution in [1.82, 2.24) is 5.32 Å². The summed E-state index contributed by atoms with van der Waals surface area (Å²) < 4.78 is 5.45. The quantitative estimate of drug-likeness (QED) is 0.691. The molecule has 28 heavy (non-hydrogen) atoms. The molecule has 1 heterocycles. The summed E-state index contributed by atoms with van der Waals surface area (Å²) in [4.78, 5) is 15.0. The molecule has 0 aliphatic carbocycles. The maximum absolute atomic E-state index is 12.5. The van der Waals surface area contributed by atoms with Gasteiger partial charge in [0.15, 0.2) is 0 Å². The second-order valence-corrected chi connectivity index (χ2v) is 7.60. The predicted octanol–water partition coefficient (Wildman–Crippen LogP) is 4.98. The zero-order valence-electron chi connectivity index (χ0n) is 16.9. The van der Waals surface area contributed by atoms with Gasteiger partial charge in [0, 0.05) is 24.3 Å². The van der Waals surface area contributed by atoms with E-state index in [1.165, 1.54) is 18.5 Å². The van der Waals surface area contributed by atoms with Crippen molar-refractivity contribution >= 4 is 11.6 Å². The molecular weight excluding hydrogens is 348 g/mol. The van der Waals surface area contributed by atoms with E-state index < -0.39 is 0 Å². The van der Waals surface area contributed by atoms with Crippen LogP contribution in [0.3, 0.4) is 0 Å². The largest absolute Gasteiger partial charge is 0.490 e. The molecule has 0 aromatic heterocycles. The smallest absolute Gasteiger partial charge is 0.251 e. The Balaban J connectivity index is 1.58. The normalized spacial score (nSPS) is 17.6. The van der Waals surface area contributed by atoms with Crippen molar-refractivity contribution in [2.75, 3.05) is 24.6 Å². The van der Waals surface area contributed by atoms with Crippen LogP contribution in [0.15, 0.2) is 61.2 Å². The van der Waals surface area contributed by atoms with Crippen molar-refractivity contribution in [2.24, 2.45) is 5.92 Å². The van der Waals surface area contributed by atoms with Gasteiger partial charge in [-0.2, -0.15) is 0 Å². The van der Waals surface area contributed by atoms with E-state index in [1.54, 1.807) is 30.3 Å². The van der Waals surface area contributed by atoms with Crippen LogP contribution in [-0.2, 0) is 0 Å². The van der Waals surface area contributed by atoms with Gasteiger partial charge in [0.1, 0.15) is 12.4 Å². The summed E-state index contributed by atoms with van der Waals surface area (Å²) in [6.45, 7) is 10.7. The van der Waals surface area contributed by atoms with Gasteiger partial charge in [0.2, 0.25) is 0 Å². The molecule has 1 aliphatic heterocycles. The third-order valence-corrected chi connectivity index (χ3v) is 5.25. The standard InChI is InChI=1S/C24H30N2O2/c1-4-16-28-23-13-9-21(10-14-23)24(27)25-19(3)20-7-11-22(12-8-20)26-15-5-6-18(2)17-26/h4,7-14,18-19H,1,5-6,15-17H2,2-3H3,(H,25,27)/t18-,19+/m0/s1. The van der Waals surface area contributed by atoms with Crippen molar-refractivity contribution in [3.63, 3.8) is 0 Å². The van der Waals surface area contributed by atoms with Crippen molar-refractivity contribution < 1.29 is 9.53 Å². The number of amides is 1. The van der Waals surface area contributed by atoms with E-state index in [9.17, 15) is 4.79 Å². The predicted molar refractivity (Wildman–Crippen MR) is 115 cm³/mol. The topological polar surface area (TPSA) is 41.6 Å². The number of nitrogens with zero attached hydrogens (tertiary/aromatic N) is 1. The van der Waals surface area contributed by atoms with Crippen LogP contribution in [0.4, 0.5) is 5.69 Å². The van der Waals surface area contributed by atoms with Gasteiger partial charge in [-0.15, -0.1) is 0 Å². The minimum Gasteiger partial charge on any atom is -0.490 e. The number of carbonyl (C=O) groups is 1. The molecule has 2 aromatic carbocycles. The van der Waals surface area contributed by atoms with Gasteiger partial charge in [-0.05, 0) is 67.6 Å². The van der Waals surface area contributed by atoms with Gasteiger partial charge in [-0.3, -0.25) is 4.79 Å². The number of carbonyl (C=O) groups excluding carboxylic acids is 1. The fourth-order valence-electron chi connectivity index (χ4n) is 3.62. The molecule has 148 valence electrons. The molecular formula is C24H30N2O2. The number of nitrogens with one attached hydrogen (secondary N) is 1. The van der Waals surface area contributed by atoms with Crippen molar-refractivity contribution in [3.8, 4) is 5.75 Å². The summed E-state index contributed by atoms with van der Waals surface area (Å²) in [5.74, 6) is 1.39. The lowest BCUT2D eigenvalue weighted by Crippen LogP contribution is -2.34. The highest BCUT2D eigenvalue weighted by molar-refractivity contribution is 5.94. The van der Waals surface area contributed by atoms with Crippen molar-refractivity contribution in [3.05, 3.63) is 72.3 Å². The molecule has 1 fully saturated rings. The molecule has 1 N–H and O–H groups in total. The van der Waals surface area contributed by atoms with E-state index in [4.69, 9.17) is 4.74 Å². The average Bonchev–Trinajstić information content (AvgIpc) is 2.72. The highest BCUT2D eigenvalue weighted by Crippen LogP contribution is 2.25. The van der Waals surface area contributed by atoms with Crippen LogP contribution in [0.5, 0.6) is 5.75 Å². The summed E-state index contributed by atoms with van der Waals surface area (Å²) in [7, 11) is 0. The maximum Gasteiger partial charge on any atom is 0.251 e. The molecule has 1 amide bonds. The lowest BCUT2D eigenvalue weighted by Gasteiger charge is -2.33. The molecule has 0 radical (unpaired) electrons. The molecule has 1 saturated heterocycles. The molecule has 4 heteroatoms. The fourth-order valence-corrected chi connectivity index (χ4v) is 3.62. The first-order valence-corrected chi connectivity index (χ1v) is 10.1. The zero-order valence-corrected chi connectivity index (χ0v) is 16.9. The summed E-state index contributed by atoms with van der Waals surface area (Å²) in [5, 5.41) is 3.07. The van der Waals surface area contributed by atoms with E-state index >= 15 is 0 Å². The first kappa shape index (κ1) is 20.0. The number of piperidine rings is 1. The van der Waals surface area contributed by atoms with Crippen LogP contribution >= 0.6 is 0 Å². The molecule has 4 nitrogen and oxygen atoms in total. The highest BCUT2D eigenvalue weighted by Gasteiger charge is 2.17. The summed E-state index contributed by atoms with van der Waals surface area (Å²) >= 11 is 0. The van der Waals surface area contributed by atoms with E-state index in [1.807, 2.05) is 6.92 Å². The van der Waals surface area contributed by atoms with Crippen LogP contribution in [0, 0.1) is 5.92 Å². The van der Waals surface area contributed by atoms with E-state index in [0.29, 0.717) is 12.2 Å². The molecule has 2 aromatic rings. The SMILES string of the molecule is C=CCOc1ccc(C(=O)N[C@H](C)c2ccc(N3CCC[C@H](C)C3)cc2)cc1. The second-order valence-electron chi connectivity index (χ2n) is 7.60. The molecule has 0 unspecified atom stereocenters. The Bertz CT molecular complexity index is 783. The summed E-state index contributed by atoms with van der Waals surface area (Å²) in [6.07, 6.45) is 4.27. The van der Waals surface area contributed by atoms with Crippen molar-refractivity contribution in [2.45, 2.75) is 32.7 Å². The Morgan fingerprint density at radius 2 is 1.96 bits per heavy atom. The Morgan fingerprint density at radius 1 is 1.25 bits per heavy atom.